The fraction of sp³-hybridized carbons (Fsp3) is 0.190. The van der Waals surface area contributed by atoms with Gasteiger partial charge in [0, 0.05) is 5.69 Å². The molecular weight excluding hydrogens is 374 g/mol. The van der Waals surface area contributed by atoms with Gasteiger partial charge in [0.05, 0.1) is 23.9 Å². The van der Waals surface area contributed by atoms with Crippen molar-refractivity contribution in [3.8, 4) is 5.75 Å². The van der Waals surface area contributed by atoms with E-state index in [1.165, 1.54) is 17.2 Å². The molecule has 1 heterocycles. The third kappa shape index (κ3) is 4.43. The summed E-state index contributed by atoms with van der Waals surface area (Å²) in [6.45, 7) is 5.84. The van der Waals surface area contributed by atoms with E-state index < -0.39 is 10.0 Å². The van der Waals surface area contributed by atoms with Gasteiger partial charge in [-0.05, 0) is 79.9 Å². The van der Waals surface area contributed by atoms with Gasteiger partial charge in [-0.1, -0.05) is 6.07 Å². The van der Waals surface area contributed by atoms with E-state index >= 15 is 0 Å². The minimum Gasteiger partial charge on any atom is -0.497 e. The number of benzene rings is 2. The van der Waals surface area contributed by atoms with Crippen LogP contribution in [0.25, 0.3) is 0 Å². The zero-order chi connectivity index (χ0) is 20.3. The van der Waals surface area contributed by atoms with Crippen molar-refractivity contribution in [3.05, 3.63) is 71.4 Å². The van der Waals surface area contributed by atoms with Crippen LogP contribution in [-0.2, 0) is 10.0 Å². The second-order valence-corrected chi connectivity index (χ2v) is 8.24. The Labute approximate surface area is 165 Å². The van der Waals surface area contributed by atoms with Gasteiger partial charge < -0.3 is 10.1 Å². The Kier molecular flexibility index (Phi) is 5.56. The molecule has 0 saturated carbocycles. The van der Waals surface area contributed by atoms with Gasteiger partial charge in [-0.25, -0.2) is 13.4 Å². The van der Waals surface area contributed by atoms with Crippen LogP contribution in [0.5, 0.6) is 5.75 Å². The van der Waals surface area contributed by atoms with Crippen LogP contribution in [0.15, 0.2) is 59.6 Å². The maximum absolute atomic E-state index is 12.7. The first-order valence-electron chi connectivity index (χ1n) is 8.76. The van der Waals surface area contributed by atoms with E-state index in [0.29, 0.717) is 11.3 Å². The number of nitrogens with zero attached hydrogens (tertiary/aromatic N) is 1. The number of rotatable bonds is 6. The molecule has 0 saturated heterocycles. The Morgan fingerprint density at radius 1 is 0.857 bits per heavy atom. The summed E-state index contributed by atoms with van der Waals surface area (Å²) in [5, 5.41) is 3.26. The van der Waals surface area contributed by atoms with Gasteiger partial charge in [0.25, 0.3) is 10.0 Å². The van der Waals surface area contributed by atoms with Crippen LogP contribution in [0.4, 0.5) is 17.2 Å². The molecule has 0 unspecified atom stereocenters. The molecule has 0 amide bonds. The van der Waals surface area contributed by atoms with Gasteiger partial charge in [0.15, 0.2) is 0 Å². The normalized spacial score (nSPS) is 11.1. The van der Waals surface area contributed by atoms with Crippen molar-refractivity contribution < 1.29 is 13.2 Å². The van der Waals surface area contributed by atoms with Crippen molar-refractivity contribution in [2.24, 2.45) is 0 Å². The number of aryl methyl sites for hydroxylation is 3. The molecule has 3 rings (SSSR count). The Balaban J connectivity index is 1.75. The highest BCUT2D eigenvalue weighted by Crippen LogP contribution is 2.24. The third-order valence-corrected chi connectivity index (χ3v) is 5.98. The summed E-state index contributed by atoms with van der Waals surface area (Å²) in [5.41, 5.74) is 4.73. The molecule has 3 aromatic rings. The number of hydrogen-bond donors (Lipinski definition) is 2. The summed E-state index contributed by atoms with van der Waals surface area (Å²) in [6, 6.07) is 14.3. The van der Waals surface area contributed by atoms with E-state index in [-0.39, 0.29) is 10.7 Å². The summed E-state index contributed by atoms with van der Waals surface area (Å²) < 4.78 is 33.0. The van der Waals surface area contributed by atoms with Crippen LogP contribution in [-0.4, -0.2) is 20.5 Å². The molecule has 0 spiro atoms. The quantitative estimate of drug-likeness (QED) is 0.637. The SMILES string of the molecule is COc1ccc(S(=O)(=O)Nc2ccc(Nc3ccc(C)c(C)c3)cn2)c(C)c1. The zero-order valence-corrected chi connectivity index (χ0v) is 17.1. The van der Waals surface area contributed by atoms with Crippen LogP contribution in [0.3, 0.4) is 0 Å². The molecule has 28 heavy (non-hydrogen) atoms. The average Bonchev–Trinajstić information content (AvgIpc) is 2.65. The molecule has 0 aliphatic carbocycles. The highest BCUT2D eigenvalue weighted by atomic mass is 32.2. The minimum absolute atomic E-state index is 0.187. The maximum Gasteiger partial charge on any atom is 0.263 e. The summed E-state index contributed by atoms with van der Waals surface area (Å²) in [6.07, 6.45) is 1.59. The predicted molar refractivity (Wildman–Crippen MR) is 112 cm³/mol. The van der Waals surface area contributed by atoms with Gasteiger partial charge in [0.1, 0.15) is 11.6 Å². The molecule has 1 aromatic heterocycles. The molecule has 0 atom stereocenters. The first-order valence-corrected chi connectivity index (χ1v) is 10.2. The van der Waals surface area contributed by atoms with E-state index in [1.54, 1.807) is 44.5 Å². The van der Waals surface area contributed by atoms with Crippen LogP contribution < -0.4 is 14.8 Å². The lowest BCUT2D eigenvalue weighted by molar-refractivity contribution is 0.414. The van der Waals surface area contributed by atoms with Crippen molar-refractivity contribution in [3.63, 3.8) is 0 Å². The molecular formula is C21H23N3O3S. The smallest absolute Gasteiger partial charge is 0.263 e. The lowest BCUT2D eigenvalue weighted by Gasteiger charge is -2.12. The monoisotopic (exact) mass is 397 g/mol. The molecule has 0 fully saturated rings. The van der Waals surface area contributed by atoms with E-state index in [1.807, 2.05) is 12.1 Å². The number of sulfonamides is 1. The average molecular weight is 398 g/mol. The lowest BCUT2D eigenvalue weighted by atomic mass is 10.1. The van der Waals surface area contributed by atoms with Gasteiger partial charge in [-0.15, -0.1) is 0 Å². The van der Waals surface area contributed by atoms with Gasteiger partial charge in [-0.2, -0.15) is 0 Å². The highest BCUT2D eigenvalue weighted by Gasteiger charge is 2.18. The van der Waals surface area contributed by atoms with Crippen molar-refractivity contribution in [2.75, 3.05) is 17.1 Å². The molecule has 0 radical (unpaired) electrons. The second kappa shape index (κ2) is 7.90. The van der Waals surface area contributed by atoms with E-state index in [4.69, 9.17) is 4.74 Å². The molecule has 0 aliphatic heterocycles. The number of hydrogen-bond acceptors (Lipinski definition) is 5. The first-order chi connectivity index (χ1) is 13.3. The Hall–Kier alpha value is -3.06. The van der Waals surface area contributed by atoms with Crippen molar-refractivity contribution >= 4 is 27.2 Å². The van der Waals surface area contributed by atoms with Crippen molar-refractivity contribution in [1.82, 2.24) is 4.98 Å². The topological polar surface area (TPSA) is 80.3 Å². The standard InChI is InChI=1S/C21H23N3O3S/c1-14-5-6-17(11-15(14)2)23-18-7-10-21(22-13-18)24-28(25,26)20-9-8-19(27-4)12-16(20)3/h5-13,23H,1-4H3,(H,22,24). The fourth-order valence-electron chi connectivity index (χ4n) is 2.76. The third-order valence-electron chi connectivity index (χ3n) is 4.47. The van der Waals surface area contributed by atoms with Crippen LogP contribution in [0.2, 0.25) is 0 Å². The molecule has 2 aromatic carbocycles. The molecule has 0 aliphatic rings. The van der Waals surface area contributed by atoms with Crippen molar-refractivity contribution in [2.45, 2.75) is 25.7 Å². The molecule has 0 bridgehead atoms. The van der Waals surface area contributed by atoms with Crippen LogP contribution >= 0.6 is 0 Å². The van der Waals surface area contributed by atoms with E-state index in [9.17, 15) is 8.42 Å². The zero-order valence-electron chi connectivity index (χ0n) is 16.3. The van der Waals surface area contributed by atoms with Crippen LogP contribution in [0, 0.1) is 20.8 Å². The minimum atomic E-state index is -3.74. The predicted octanol–water partition coefficient (Wildman–Crippen LogP) is 4.56. The van der Waals surface area contributed by atoms with E-state index in [0.717, 1.165) is 11.4 Å². The number of aromatic nitrogens is 1. The first kappa shape index (κ1) is 19.7. The number of methoxy groups -OCH3 is 1. The largest absolute Gasteiger partial charge is 0.497 e. The summed E-state index contributed by atoms with van der Waals surface area (Å²) in [5.74, 6) is 0.859. The Bertz CT molecular complexity index is 1090. The highest BCUT2D eigenvalue weighted by molar-refractivity contribution is 7.92. The summed E-state index contributed by atoms with van der Waals surface area (Å²) >= 11 is 0. The van der Waals surface area contributed by atoms with E-state index in [2.05, 4.69) is 34.9 Å². The lowest BCUT2D eigenvalue weighted by Crippen LogP contribution is -2.15. The van der Waals surface area contributed by atoms with Gasteiger partial charge >= 0.3 is 0 Å². The molecule has 6 nitrogen and oxygen atoms in total. The molecule has 146 valence electrons. The van der Waals surface area contributed by atoms with Gasteiger partial charge in [-0.3, -0.25) is 4.72 Å². The van der Waals surface area contributed by atoms with Gasteiger partial charge in [0.2, 0.25) is 0 Å². The Morgan fingerprint density at radius 3 is 2.21 bits per heavy atom. The number of nitrogens with one attached hydrogen (secondary N) is 2. The Morgan fingerprint density at radius 2 is 1.61 bits per heavy atom. The fourth-order valence-corrected chi connectivity index (χ4v) is 3.99. The summed E-state index contributed by atoms with van der Waals surface area (Å²) in [4.78, 5) is 4.40. The number of anilines is 3. The molecule has 7 heteroatoms. The maximum atomic E-state index is 12.7. The summed E-state index contributed by atoms with van der Waals surface area (Å²) in [7, 11) is -2.20. The second-order valence-electron chi connectivity index (χ2n) is 6.59. The van der Waals surface area contributed by atoms with Crippen LogP contribution in [0.1, 0.15) is 16.7 Å². The molecule has 2 N–H and O–H groups in total. The number of pyridine rings is 1. The number of ether oxygens (including phenoxy) is 1. The van der Waals surface area contributed by atoms with Crippen molar-refractivity contribution in [1.29, 1.82) is 0 Å².